The van der Waals surface area contributed by atoms with Gasteiger partial charge in [-0.2, -0.15) is 0 Å². The number of carbonyl (C=O) groups is 1. The Morgan fingerprint density at radius 1 is 1.50 bits per heavy atom. The highest BCUT2D eigenvalue weighted by molar-refractivity contribution is 5.95. The number of aryl methyl sites for hydroxylation is 1. The van der Waals surface area contributed by atoms with Crippen LogP contribution in [0.2, 0.25) is 0 Å². The van der Waals surface area contributed by atoms with Gasteiger partial charge in [0.25, 0.3) is 5.91 Å². The summed E-state index contributed by atoms with van der Waals surface area (Å²) in [5.41, 5.74) is 1.30. The summed E-state index contributed by atoms with van der Waals surface area (Å²) in [6.45, 7) is 3.27. The van der Waals surface area contributed by atoms with Crippen LogP contribution in [0.4, 0.5) is 4.39 Å². The minimum absolute atomic E-state index is 0. The first-order valence-electron chi connectivity index (χ1n) is 5.84. The maximum Gasteiger partial charge on any atom is 0.254 e. The fourth-order valence-electron chi connectivity index (χ4n) is 2.18. The van der Waals surface area contributed by atoms with Crippen LogP contribution in [-0.2, 0) is 0 Å². The van der Waals surface area contributed by atoms with Crippen LogP contribution in [0.5, 0.6) is 0 Å². The second kappa shape index (κ2) is 6.16. The molecular weight excluding hydrogens is 255 g/mol. The van der Waals surface area contributed by atoms with E-state index in [1.54, 1.807) is 11.0 Å². The number of halogens is 2. The van der Waals surface area contributed by atoms with Crippen molar-refractivity contribution < 1.29 is 9.18 Å². The molecule has 1 aliphatic heterocycles. The molecule has 3 nitrogen and oxygen atoms in total. The van der Waals surface area contributed by atoms with E-state index in [4.69, 9.17) is 0 Å². The van der Waals surface area contributed by atoms with Gasteiger partial charge in [0.1, 0.15) is 5.82 Å². The SMILES string of the molecule is CNC1CCN(C(=O)c2cc(F)ccc2C)C1.Cl. The summed E-state index contributed by atoms with van der Waals surface area (Å²) in [6.07, 6.45) is 0.955. The van der Waals surface area contributed by atoms with E-state index in [2.05, 4.69) is 5.32 Å². The lowest BCUT2D eigenvalue weighted by molar-refractivity contribution is 0.0788. The second-order valence-corrected chi connectivity index (χ2v) is 4.48. The van der Waals surface area contributed by atoms with Gasteiger partial charge in [-0.15, -0.1) is 12.4 Å². The zero-order valence-corrected chi connectivity index (χ0v) is 11.4. The highest BCUT2D eigenvalue weighted by Crippen LogP contribution is 2.17. The summed E-state index contributed by atoms with van der Waals surface area (Å²) in [5, 5.41) is 3.16. The molecule has 1 aromatic carbocycles. The monoisotopic (exact) mass is 272 g/mol. The van der Waals surface area contributed by atoms with Crippen molar-refractivity contribution in [3.63, 3.8) is 0 Å². The Kier molecular flexibility index (Phi) is 5.11. The van der Waals surface area contributed by atoms with Crippen LogP contribution in [0.3, 0.4) is 0 Å². The summed E-state index contributed by atoms with van der Waals surface area (Å²) < 4.78 is 13.2. The van der Waals surface area contributed by atoms with Crippen LogP contribution < -0.4 is 5.32 Å². The fraction of sp³-hybridized carbons (Fsp3) is 0.462. The highest BCUT2D eigenvalue weighted by Gasteiger charge is 2.26. The van der Waals surface area contributed by atoms with Crippen molar-refractivity contribution in [3.8, 4) is 0 Å². The van der Waals surface area contributed by atoms with Crippen LogP contribution in [0.1, 0.15) is 22.3 Å². The Balaban J connectivity index is 0.00000162. The molecule has 1 fully saturated rings. The largest absolute Gasteiger partial charge is 0.337 e. The third-order valence-corrected chi connectivity index (χ3v) is 3.31. The van der Waals surface area contributed by atoms with Crippen molar-refractivity contribution in [1.29, 1.82) is 0 Å². The van der Waals surface area contributed by atoms with Gasteiger partial charge in [0, 0.05) is 24.7 Å². The van der Waals surface area contributed by atoms with Gasteiger partial charge < -0.3 is 10.2 Å². The van der Waals surface area contributed by atoms with E-state index in [1.807, 2.05) is 14.0 Å². The Hall–Kier alpha value is -1.13. The van der Waals surface area contributed by atoms with Gasteiger partial charge in [-0.3, -0.25) is 4.79 Å². The van der Waals surface area contributed by atoms with E-state index in [9.17, 15) is 9.18 Å². The van der Waals surface area contributed by atoms with Crippen LogP contribution >= 0.6 is 12.4 Å². The van der Waals surface area contributed by atoms with Gasteiger partial charge in [-0.25, -0.2) is 4.39 Å². The van der Waals surface area contributed by atoms with E-state index in [0.717, 1.165) is 18.5 Å². The average Bonchev–Trinajstić information content (AvgIpc) is 2.80. The van der Waals surface area contributed by atoms with Crippen molar-refractivity contribution in [3.05, 3.63) is 35.1 Å². The van der Waals surface area contributed by atoms with Crippen LogP contribution in [0.25, 0.3) is 0 Å². The lowest BCUT2D eigenvalue weighted by atomic mass is 10.1. The number of likely N-dealkylation sites (N-methyl/N-ethyl adjacent to an activating group) is 1. The van der Waals surface area contributed by atoms with Crippen molar-refractivity contribution in [2.75, 3.05) is 20.1 Å². The zero-order valence-electron chi connectivity index (χ0n) is 10.6. The predicted molar refractivity (Wildman–Crippen MR) is 71.8 cm³/mol. The number of carbonyl (C=O) groups excluding carboxylic acids is 1. The molecule has 0 saturated carbocycles. The number of hydrogen-bond acceptors (Lipinski definition) is 2. The maximum atomic E-state index is 13.2. The number of rotatable bonds is 2. The summed E-state index contributed by atoms with van der Waals surface area (Å²) in [4.78, 5) is 14.0. The second-order valence-electron chi connectivity index (χ2n) is 4.48. The van der Waals surface area contributed by atoms with Gasteiger partial charge >= 0.3 is 0 Å². The zero-order chi connectivity index (χ0) is 12.4. The Labute approximate surface area is 113 Å². The molecule has 1 unspecified atom stereocenters. The van der Waals surface area contributed by atoms with Crippen LogP contribution in [0, 0.1) is 12.7 Å². The predicted octanol–water partition coefficient (Wildman–Crippen LogP) is 1.99. The van der Waals surface area contributed by atoms with Crippen LogP contribution in [0.15, 0.2) is 18.2 Å². The molecule has 0 aromatic heterocycles. The fourth-order valence-corrected chi connectivity index (χ4v) is 2.18. The number of nitrogens with one attached hydrogen (secondary N) is 1. The molecule has 1 aromatic rings. The molecule has 1 aliphatic rings. The molecule has 2 rings (SSSR count). The quantitative estimate of drug-likeness (QED) is 0.893. The van der Waals surface area contributed by atoms with E-state index < -0.39 is 0 Å². The molecule has 1 saturated heterocycles. The third kappa shape index (κ3) is 3.00. The number of nitrogens with zero attached hydrogens (tertiary/aromatic N) is 1. The van der Waals surface area contributed by atoms with E-state index >= 15 is 0 Å². The Bertz CT molecular complexity index is 439. The average molecular weight is 273 g/mol. The first-order chi connectivity index (χ1) is 8.11. The third-order valence-electron chi connectivity index (χ3n) is 3.31. The maximum absolute atomic E-state index is 13.2. The van der Waals surface area contributed by atoms with E-state index in [1.165, 1.54) is 12.1 Å². The molecule has 100 valence electrons. The van der Waals surface area contributed by atoms with Crippen molar-refractivity contribution in [1.82, 2.24) is 10.2 Å². The molecular formula is C13H18ClFN2O. The number of likely N-dealkylation sites (tertiary alicyclic amines) is 1. The van der Waals surface area contributed by atoms with Gasteiger partial charge in [0.15, 0.2) is 0 Å². The van der Waals surface area contributed by atoms with Gasteiger partial charge in [0.05, 0.1) is 0 Å². The summed E-state index contributed by atoms with van der Waals surface area (Å²) >= 11 is 0. The molecule has 0 aliphatic carbocycles. The van der Waals surface area contributed by atoms with Crippen LogP contribution in [-0.4, -0.2) is 37.0 Å². The van der Waals surface area contributed by atoms with E-state index in [0.29, 0.717) is 18.2 Å². The molecule has 1 N–H and O–H groups in total. The lowest BCUT2D eigenvalue weighted by Gasteiger charge is -2.17. The number of hydrogen-bond donors (Lipinski definition) is 1. The van der Waals surface area contributed by atoms with Gasteiger partial charge in [-0.1, -0.05) is 6.07 Å². The highest BCUT2D eigenvalue weighted by atomic mass is 35.5. The smallest absolute Gasteiger partial charge is 0.254 e. The molecule has 0 radical (unpaired) electrons. The summed E-state index contributed by atoms with van der Waals surface area (Å²) in [6, 6.07) is 4.71. The van der Waals surface area contributed by atoms with Crippen molar-refractivity contribution >= 4 is 18.3 Å². The molecule has 0 spiro atoms. The molecule has 5 heteroatoms. The Morgan fingerprint density at radius 2 is 2.22 bits per heavy atom. The molecule has 0 bridgehead atoms. The minimum atomic E-state index is -0.358. The van der Waals surface area contributed by atoms with Crippen molar-refractivity contribution in [2.24, 2.45) is 0 Å². The summed E-state index contributed by atoms with van der Waals surface area (Å²) in [5.74, 6) is -0.428. The number of benzene rings is 1. The number of amides is 1. The van der Waals surface area contributed by atoms with E-state index in [-0.39, 0.29) is 24.1 Å². The first kappa shape index (κ1) is 14.9. The lowest BCUT2D eigenvalue weighted by Crippen LogP contribution is -2.33. The molecule has 1 heterocycles. The molecule has 18 heavy (non-hydrogen) atoms. The summed E-state index contributed by atoms with van der Waals surface area (Å²) in [7, 11) is 1.89. The van der Waals surface area contributed by atoms with Gasteiger partial charge in [0.2, 0.25) is 0 Å². The van der Waals surface area contributed by atoms with Crippen molar-refractivity contribution in [2.45, 2.75) is 19.4 Å². The normalized spacial score (nSPS) is 18.6. The standard InChI is InChI=1S/C13H17FN2O.ClH/c1-9-3-4-10(14)7-12(9)13(17)16-6-5-11(8-16)15-2;/h3-4,7,11,15H,5-6,8H2,1-2H3;1H. The van der Waals surface area contributed by atoms with Gasteiger partial charge in [-0.05, 0) is 38.1 Å². The molecule has 1 amide bonds. The topological polar surface area (TPSA) is 32.3 Å². The minimum Gasteiger partial charge on any atom is -0.337 e. The first-order valence-corrected chi connectivity index (χ1v) is 5.84. The molecule has 1 atom stereocenters. The Morgan fingerprint density at radius 3 is 2.83 bits per heavy atom.